The third-order valence-corrected chi connectivity index (χ3v) is 4.15. The second-order valence-electron chi connectivity index (χ2n) is 3.50. The van der Waals surface area contributed by atoms with Gasteiger partial charge < -0.3 is 0 Å². The third kappa shape index (κ3) is 2.30. The van der Waals surface area contributed by atoms with Crippen LogP contribution in [0.5, 0.6) is 0 Å². The minimum absolute atomic E-state index is 0.272. The van der Waals surface area contributed by atoms with Gasteiger partial charge in [-0.2, -0.15) is 5.26 Å². The number of halogens is 4. The summed E-state index contributed by atoms with van der Waals surface area (Å²) < 4.78 is 0. The lowest BCUT2D eigenvalue weighted by Crippen LogP contribution is -1.86. The zero-order valence-corrected chi connectivity index (χ0v) is 11.9. The van der Waals surface area contributed by atoms with Gasteiger partial charge in [0.2, 0.25) is 0 Å². The van der Waals surface area contributed by atoms with Crippen molar-refractivity contribution in [1.82, 2.24) is 0 Å². The summed E-state index contributed by atoms with van der Waals surface area (Å²) in [6.45, 7) is 0. The zero-order valence-electron chi connectivity index (χ0n) is 8.85. The van der Waals surface area contributed by atoms with Crippen molar-refractivity contribution < 1.29 is 0 Å². The van der Waals surface area contributed by atoms with E-state index >= 15 is 0 Å². The highest BCUT2D eigenvalue weighted by molar-refractivity contribution is 6.49. The molecule has 2 aromatic carbocycles. The zero-order chi connectivity index (χ0) is 13.3. The van der Waals surface area contributed by atoms with Gasteiger partial charge >= 0.3 is 0 Å². The molecule has 0 heterocycles. The molecule has 0 aromatic heterocycles. The molecule has 0 aliphatic carbocycles. The van der Waals surface area contributed by atoms with E-state index in [2.05, 4.69) is 0 Å². The minimum atomic E-state index is 0.272. The molecule has 0 spiro atoms. The van der Waals surface area contributed by atoms with E-state index in [0.29, 0.717) is 31.8 Å². The standard InChI is InChI=1S/C13H5Cl4N/c14-10-5-4-9(12(16)13(10)17)8-3-1-2-7(6-18)11(8)15/h1-5H. The van der Waals surface area contributed by atoms with Gasteiger partial charge in [0.15, 0.2) is 0 Å². The Kier molecular flexibility index (Phi) is 4.04. The normalized spacial score (nSPS) is 10.2. The molecule has 0 atom stereocenters. The number of rotatable bonds is 1. The van der Waals surface area contributed by atoms with E-state index in [1.807, 2.05) is 6.07 Å². The van der Waals surface area contributed by atoms with Gasteiger partial charge in [-0.05, 0) is 12.1 Å². The summed E-state index contributed by atoms with van der Waals surface area (Å²) in [6.07, 6.45) is 0. The molecule has 2 aromatic rings. The first-order valence-corrected chi connectivity index (χ1v) is 6.40. The second kappa shape index (κ2) is 5.38. The first-order chi connectivity index (χ1) is 8.56. The number of nitrogens with zero attached hydrogens (tertiary/aromatic N) is 1. The molecular weight excluding hydrogens is 312 g/mol. The Morgan fingerprint density at radius 1 is 0.778 bits per heavy atom. The maximum Gasteiger partial charge on any atom is 0.101 e. The highest BCUT2D eigenvalue weighted by atomic mass is 35.5. The Labute approximate surface area is 124 Å². The van der Waals surface area contributed by atoms with Crippen LogP contribution in [0.2, 0.25) is 20.1 Å². The van der Waals surface area contributed by atoms with Gasteiger partial charge in [-0.3, -0.25) is 0 Å². The van der Waals surface area contributed by atoms with Gasteiger partial charge in [0.05, 0.1) is 25.7 Å². The molecule has 0 aliphatic rings. The van der Waals surface area contributed by atoms with Crippen LogP contribution in [0, 0.1) is 11.3 Å². The molecule has 0 amide bonds. The average molecular weight is 317 g/mol. The fraction of sp³-hybridized carbons (Fsp3) is 0. The van der Waals surface area contributed by atoms with Crippen LogP contribution in [-0.2, 0) is 0 Å². The molecule has 0 saturated carbocycles. The van der Waals surface area contributed by atoms with Gasteiger partial charge in [0.25, 0.3) is 0 Å². The molecule has 0 saturated heterocycles. The van der Waals surface area contributed by atoms with E-state index in [0.717, 1.165) is 0 Å². The summed E-state index contributed by atoms with van der Waals surface area (Å²) in [5, 5.41) is 10.3. The molecule has 0 N–H and O–H groups in total. The van der Waals surface area contributed by atoms with Crippen LogP contribution >= 0.6 is 46.4 Å². The third-order valence-electron chi connectivity index (χ3n) is 2.44. The highest BCUT2D eigenvalue weighted by Gasteiger charge is 2.14. The molecule has 2 rings (SSSR count). The summed E-state index contributed by atoms with van der Waals surface area (Å²) in [5.74, 6) is 0. The van der Waals surface area contributed by atoms with Crippen LogP contribution in [-0.4, -0.2) is 0 Å². The largest absolute Gasteiger partial charge is 0.192 e. The van der Waals surface area contributed by atoms with Crippen LogP contribution in [0.4, 0.5) is 0 Å². The van der Waals surface area contributed by atoms with Crippen LogP contribution in [0.15, 0.2) is 30.3 Å². The van der Waals surface area contributed by atoms with Crippen molar-refractivity contribution in [2.24, 2.45) is 0 Å². The minimum Gasteiger partial charge on any atom is -0.192 e. The van der Waals surface area contributed by atoms with Crippen molar-refractivity contribution in [2.75, 3.05) is 0 Å². The lowest BCUT2D eigenvalue weighted by molar-refractivity contribution is 1.48. The topological polar surface area (TPSA) is 23.8 Å². The predicted molar refractivity (Wildman–Crippen MR) is 76.6 cm³/mol. The fourth-order valence-corrected chi connectivity index (χ4v) is 2.47. The molecule has 0 fully saturated rings. The first kappa shape index (κ1) is 13.5. The summed E-state index contributed by atoms with van der Waals surface area (Å²) in [5.41, 5.74) is 1.68. The predicted octanol–water partition coefficient (Wildman–Crippen LogP) is 5.84. The van der Waals surface area contributed by atoms with Crippen LogP contribution in [0.1, 0.15) is 5.56 Å². The monoisotopic (exact) mass is 315 g/mol. The molecular formula is C13H5Cl4N. The summed E-state index contributed by atoms with van der Waals surface area (Å²) in [7, 11) is 0. The SMILES string of the molecule is N#Cc1cccc(-c2ccc(Cl)c(Cl)c2Cl)c1Cl. The Morgan fingerprint density at radius 2 is 1.44 bits per heavy atom. The van der Waals surface area contributed by atoms with E-state index in [4.69, 9.17) is 51.7 Å². The summed E-state index contributed by atoms with van der Waals surface area (Å²) >= 11 is 24.1. The Hall–Kier alpha value is -0.910. The lowest BCUT2D eigenvalue weighted by atomic mass is 10.0. The van der Waals surface area contributed by atoms with Gasteiger partial charge in [-0.25, -0.2) is 0 Å². The lowest BCUT2D eigenvalue weighted by Gasteiger charge is -2.09. The van der Waals surface area contributed by atoms with Crippen molar-refractivity contribution in [3.8, 4) is 17.2 Å². The van der Waals surface area contributed by atoms with E-state index < -0.39 is 0 Å². The van der Waals surface area contributed by atoms with E-state index in [1.54, 1.807) is 30.3 Å². The van der Waals surface area contributed by atoms with Crippen molar-refractivity contribution in [3.05, 3.63) is 56.0 Å². The van der Waals surface area contributed by atoms with Gasteiger partial charge in [0.1, 0.15) is 6.07 Å². The van der Waals surface area contributed by atoms with Crippen molar-refractivity contribution in [2.45, 2.75) is 0 Å². The number of nitriles is 1. The van der Waals surface area contributed by atoms with Gasteiger partial charge in [-0.1, -0.05) is 64.6 Å². The van der Waals surface area contributed by atoms with Gasteiger partial charge in [0, 0.05) is 11.1 Å². The van der Waals surface area contributed by atoms with E-state index in [1.165, 1.54) is 0 Å². The maximum atomic E-state index is 8.94. The smallest absolute Gasteiger partial charge is 0.101 e. The van der Waals surface area contributed by atoms with Crippen molar-refractivity contribution >= 4 is 46.4 Å². The highest BCUT2D eigenvalue weighted by Crippen LogP contribution is 2.40. The average Bonchev–Trinajstić information content (AvgIpc) is 2.37. The number of hydrogen-bond donors (Lipinski definition) is 0. The van der Waals surface area contributed by atoms with Crippen LogP contribution in [0.25, 0.3) is 11.1 Å². The molecule has 18 heavy (non-hydrogen) atoms. The second-order valence-corrected chi connectivity index (χ2v) is 5.04. The molecule has 0 bridgehead atoms. The molecule has 1 nitrogen and oxygen atoms in total. The number of hydrogen-bond acceptors (Lipinski definition) is 1. The Morgan fingerprint density at radius 3 is 2.11 bits per heavy atom. The molecule has 0 aliphatic heterocycles. The van der Waals surface area contributed by atoms with Crippen LogP contribution in [0.3, 0.4) is 0 Å². The number of benzene rings is 2. The molecule has 0 radical (unpaired) electrons. The Balaban J connectivity index is 2.71. The summed E-state index contributed by atoms with van der Waals surface area (Å²) in [4.78, 5) is 0. The van der Waals surface area contributed by atoms with Crippen LogP contribution < -0.4 is 0 Å². The van der Waals surface area contributed by atoms with Gasteiger partial charge in [-0.15, -0.1) is 0 Å². The fourth-order valence-electron chi connectivity index (χ4n) is 1.56. The first-order valence-electron chi connectivity index (χ1n) is 4.88. The Bertz CT molecular complexity index is 659. The van der Waals surface area contributed by atoms with E-state index in [9.17, 15) is 0 Å². The quantitative estimate of drug-likeness (QED) is 0.606. The molecule has 90 valence electrons. The van der Waals surface area contributed by atoms with Crippen molar-refractivity contribution in [3.63, 3.8) is 0 Å². The van der Waals surface area contributed by atoms with Crippen molar-refractivity contribution in [1.29, 1.82) is 5.26 Å². The molecule has 0 unspecified atom stereocenters. The van der Waals surface area contributed by atoms with E-state index in [-0.39, 0.29) is 5.02 Å². The summed E-state index contributed by atoms with van der Waals surface area (Å²) in [6, 6.07) is 10.5. The molecule has 5 heteroatoms. The maximum absolute atomic E-state index is 8.94.